The van der Waals surface area contributed by atoms with Gasteiger partial charge in [0.05, 0.1) is 23.9 Å². The van der Waals surface area contributed by atoms with Crippen molar-refractivity contribution in [2.45, 2.75) is 19.1 Å². The van der Waals surface area contributed by atoms with Gasteiger partial charge in [0.1, 0.15) is 5.75 Å². The second-order valence-corrected chi connectivity index (χ2v) is 9.02. The van der Waals surface area contributed by atoms with Crippen LogP contribution in [-0.2, 0) is 4.79 Å². The highest BCUT2D eigenvalue weighted by molar-refractivity contribution is 6.33. The average molecular weight is 485 g/mol. The maximum absolute atomic E-state index is 13.2. The number of piperazine rings is 1. The van der Waals surface area contributed by atoms with Crippen LogP contribution in [0.4, 0.5) is 5.69 Å². The third-order valence-electron chi connectivity index (χ3n) is 6.02. The largest absolute Gasteiger partial charge is 0.497 e. The molecule has 1 amide bonds. The Morgan fingerprint density at radius 2 is 1.73 bits per heavy atom. The van der Waals surface area contributed by atoms with Crippen LogP contribution in [0, 0.1) is 6.92 Å². The molecule has 1 saturated heterocycles. The van der Waals surface area contributed by atoms with Crippen molar-refractivity contribution in [2.75, 3.05) is 31.6 Å². The lowest BCUT2D eigenvalue weighted by Crippen LogP contribution is -2.51. The second-order valence-electron chi connectivity index (χ2n) is 8.18. The molecule has 0 aromatic heterocycles. The van der Waals surface area contributed by atoms with E-state index in [0.717, 1.165) is 16.8 Å². The molecule has 0 aliphatic carbocycles. The maximum atomic E-state index is 13.2. The Morgan fingerprint density at radius 3 is 2.36 bits per heavy atom. The predicted molar refractivity (Wildman–Crippen MR) is 132 cm³/mol. The average Bonchev–Trinajstić information content (AvgIpc) is 2.83. The molecule has 7 heteroatoms. The number of aliphatic hydroxyl groups is 1. The number of benzene rings is 3. The topological polar surface area (TPSA) is 53.0 Å². The number of halogens is 2. The quantitative estimate of drug-likeness (QED) is 0.524. The molecule has 3 aromatic carbocycles. The number of carbonyl (C=O) groups is 1. The number of aliphatic hydroxyl groups excluding tert-OH is 1. The van der Waals surface area contributed by atoms with Crippen molar-refractivity contribution in [1.82, 2.24) is 4.90 Å². The van der Waals surface area contributed by atoms with Gasteiger partial charge >= 0.3 is 0 Å². The van der Waals surface area contributed by atoms with Crippen molar-refractivity contribution in [2.24, 2.45) is 0 Å². The summed E-state index contributed by atoms with van der Waals surface area (Å²) in [5.41, 5.74) is 3.56. The Labute approximate surface area is 204 Å². The van der Waals surface area contributed by atoms with Crippen molar-refractivity contribution in [3.8, 4) is 5.75 Å². The van der Waals surface area contributed by atoms with Gasteiger partial charge in [0, 0.05) is 24.7 Å². The molecule has 2 unspecified atom stereocenters. The zero-order chi connectivity index (χ0) is 23.5. The van der Waals surface area contributed by atoms with Crippen LogP contribution in [0.1, 0.15) is 28.8 Å². The van der Waals surface area contributed by atoms with Crippen LogP contribution in [0.2, 0.25) is 10.0 Å². The van der Waals surface area contributed by atoms with Crippen LogP contribution < -0.4 is 9.64 Å². The fourth-order valence-electron chi connectivity index (χ4n) is 4.19. The van der Waals surface area contributed by atoms with E-state index < -0.39 is 6.10 Å². The molecule has 3 aromatic rings. The summed E-state index contributed by atoms with van der Waals surface area (Å²) >= 11 is 12.7. The number of carbonyl (C=O) groups excluding carboxylic acids is 1. The molecule has 4 rings (SSSR count). The van der Waals surface area contributed by atoms with Crippen molar-refractivity contribution in [1.29, 1.82) is 0 Å². The summed E-state index contributed by atoms with van der Waals surface area (Å²) in [4.78, 5) is 17.1. The lowest BCUT2D eigenvalue weighted by atomic mass is 9.99. The van der Waals surface area contributed by atoms with Crippen molar-refractivity contribution in [3.63, 3.8) is 0 Å². The van der Waals surface area contributed by atoms with Gasteiger partial charge in [-0.15, -0.1) is 0 Å². The van der Waals surface area contributed by atoms with Gasteiger partial charge in [-0.05, 0) is 60.0 Å². The minimum Gasteiger partial charge on any atom is -0.497 e. The van der Waals surface area contributed by atoms with Gasteiger partial charge in [-0.3, -0.25) is 4.79 Å². The van der Waals surface area contributed by atoms with Gasteiger partial charge in [-0.1, -0.05) is 53.5 Å². The molecule has 0 spiro atoms. The molecule has 0 bridgehead atoms. The molecule has 1 aliphatic rings. The van der Waals surface area contributed by atoms with E-state index >= 15 is 0 Å². The van der Waals surface area contributed by atoms with E-state index in [1.165, 1.54) is 0 Å². The molecule has 0 radical (unpaired) electrons. The minimum atomic E-state index is -1.24. The number of hydrogen-bond donors (Lipinski definition) is 1. The summed E-state index contributed by atoms with van der Waals surface area (Å²) in [5, 5.41) is 12.1. The van der Waals surface area contributed by atoms with Crippen molar-refractivity contribution >= 4 is 34.8 Å². The molecule has 1 aliphatic heterocycles. The van der Waals surface area contributed by atoms with Crippen LogP contribution in [0.15, 0.2) is 66.7 Å². The Morgan fingerprint density at radius 1 is 1.03 bits per heavy atom. The number of ether oxygens (including phenoxy) is 1. The summed E-state index contributed by atoms with van der Waals surface area (Å²) in [7, 11) is 1.58. The highest BCUT2D eigenvalue weighted by Crippen LogP contribution is 2.36. The highest BCUT2D eigenvalue weighted by atomic mass is 35.5. The predicted octanol–water partition coefficient (Wildman–Crippen LogP) is 5.43. The number of amides is 1. The molecule has 1 heterocycles. The smallest absolute Gasteiger partial charge is 0.256 e. The van der Waals surface area contributed by atoms with E-state index in [1.807, 2.05) is 49.4 Å². The van der Waals surface area contributed by atoms with Crippen LogP contribution in [-0.4, -0.2) is 42.7 Å². The first-order valence-corrected chi connectivity index (χ1v) is 11.5. The van der Waals surface area contributed by atoms with Gasteiger partial charge in [-0.25, -0.2) is 0 Å². The first-order chi connectivity index (χ1) is 15.9. The van der Waals surface area contributed by atoms with Crippen molar-refractivity contribution < 1.29 is 14.6 Å². The molecule has 5 nitrogen and oxygen atoms in total. The summed E-state index contributed by atoms with van der Waals surface area (Å²) in [6, 6.07) is 20.4. The standard InChI is InChI=1S/C26H26Cl2N2O3/c1-17-3-12-23(22(28)15-17)30-14-13-29(16-24(30)18-4-8-20(27)9-5-18)26(32)25(31)19-6-10-21(33-2)11-7-19/h3-12,15,24-25,31H,13-14,16H2,1-2H3. The van der Waals surface area contributed by atoms with E-state index in [0.29, 0.717) is 41.0 Å². The molecular formula is C26H26Cl2N2O3. The lowest BCUT2D eigenvalue weighted by molar-refractivity contribution is -0.141. The maximum Gasteiger partial charge on any atom is 0.256 e. The van der Waals surface area contributed by atoms with E-state index in [9.17, 15) is 9.90 Å². The Hall–Kier alpha value is -2.73. The zero-order valence-corrected chi connectivity index (χ0v) is 20.1. The van der Waals surface area contributed by atoms with Gasteiger partial charge in [0.2, 0.25) is 0 Å². The molecule has 2 atom stereocenters. The number of anilines is 1. The van der Waals surface area contributed by atoms with E-state index in [1.54, 1.807) is 36.3 Å². The van der Waals surface area contributed by atoms with Gasteiger partial charge in [-0.2, -0.15) is 0 Å². The molecule has 1 fully saturated rings. The zero-order valence-electron chi connectivity index (χ0n) is 18.5. The van der Waals surface area contributed by atoms with Gasteiger partial charge < -0.3 is 19.6 Å². The number of aryl methyl sites for hydroxylation is 1. The molecule has 33 heavy (non-hydrogen) atoms. The second kappa shape index (κ2) is 10.0. The third kappa shape index (κ3) is 5.11. The van der Waals surface area contributed by atoms with Gasteiger partial charge in [0.15, 0.2) is 6.10 Å². The van der Waals surface area contributed by atoms with Crippen LogP contribution in [0.3, 0.4) is 0 Å². The monoisotopic (exact) mass is 484 g/mol. The highest BCUT2D eigenvalue weighted by Gasteiger charge is 2.34. The lowest BCUT2D eigenvalue weighted by Gasteiger charge is -2.44. The van der Waals surface area contributed by atoms with E-state index in [4.69, 9.17) is 27.9 Å². The molecule has 0 saturated carbocycles. The fourth-order valence-corrected chi connectivity index (χ4v) is 4.66. The Bertz CT molecular complexity index is 1120. The van der Waals surface area contributed by atoms with Crippen LogP contribution in [0.25, 0.3) is 0 Å². The van der Waals surface area contributed by atoms with Gasteiger partial charge in [0.25, 0.3) is 5.91 Å². The Balaban J connectivity index is 1.61. The number of methoxy groups -OCH3 is 1. The Kier molecular flexibility index (Phi) is 7.13. The fraction of sp³-hybridized carbons (Fsp3) is 0.269. The first-order valence-electron chi connectivity index (χ1n) is 10.8. The van der Waals surface area contributed by atoms with E-state index in [-0.39, 0.29) is 11.9 Å². The number of hydrogen-bond acceptors (Lipinski definition) is 4. The minimum absolute atomic E-state index is 0.136. The normalized spacial score (nSPS) is 17.1. The summed E-state index contributed by atoms with van der Waals surface area (Å²) in [5.74, 6) is 0.346. The SMILES string of the molecule is COc1ccc(C(O)C(=O)N2CCN(c3ccc(C)cc3Cl)C(c3ccc(Cl)cc3)C2)cc1. The first kappa shape index (κ1) is 23.4. The number of nitrogens with zero attached hydrogens (tertiary/aromatic N) is 2. The number of rotatable bonds is 5. The third-order valence-corrected chi connectivity index (χ3v) is 6.58. The summed E-state index contributed by atoms with van der Waals surface area (Å²) < 4.78 is 5.17. The van der Waals surface area contributed by atoms with Crippen LogP contribution in [0.5, 0.6) is 5.75 Å². The van der Waals surface area contributed by atoms with Crippen LogP contribution >= 0.6 is 23.2 Å². The molecule has 172 valence electrons. The van der Waals surface area contributed by atoms with E-state index in [2.05, 4.69) is 4.90 Å². The summed E-state index contributed by atoms with van der Waals surface area (Å²) in [6.45, 7) is 3.47. The molecule has 1 N–H and O–H groups in total. The summed E-state index contributed by atoms with van der Waals surface area (Å²) in [6.07, 6.45) is -1.24. The molecular weight excluding hydrogens is 459 g/mol. The van der Waals surface area contributed by atoms with Crippen molar-refractivity contribution in [3.05, 3.63) is 93.5 Å².